The maximum absolute atomic E-state index is 4.70. The van der Waals surface area contributed by atoms with Crippen molar-refractivity contribution in [2.45, 2.75) is 33.2 Å². The number of hydrogen-bond donors (Lipinski definition) is 1. The van der Waals surface area contributed by atoms with Crippen LogP contribution in [0.15, 0.2) is 30.3 Å². The zero-order valence-corrected chi connectivity index (χ0v) is 15.6. The molecule has 1 aliphatic heterocycles. The largest absolute Gasteiger partial charge is 0.354 e. The van der Waals surface area contributed by atoms with E-state index in [1.54, 1.807) is 0 Å². The lowest BCUT2D eigenvalue weighted by Crippen LogP contribution is -2.46. The van der Waals surface area contributed by atoms with Crippen LogP contribution in [0.3, 0.4) is 0 Å². The maximum atomic E-state index is 4.70. The Bertz CT molecular complexity index is 846. The minimum absolute atomic E-state index is 0.867. The Kier molecular flexibility index (Phi) is 4.84. The number of para-hydroxylation sites is 2. The minimum atomic E-state index is 0.867. The van der Waals surface area contributed by atoms with Crippen LogP contribution < -0.4 is 4.90 Å². The average molecular weight is 350 g/mol. The van der Waals surface area contributed by atoms with Gasteiger partial charge in [0, 0.05) is 37.9 Å². The highest BCUT2D eigenvalue weighted by Crippen LogP contribution is 2.18. The van der Waals surface area contributed by atoms with E-state index in [-0.39, 0.29) is 0 Å². The van der Waals surface area contributed by atoms with Crippen molar-refractivity contribution in [2.24, 2.45) is 0 Å². The highest BCUT2D eigenvalue weighted by Gasteiger charge is 2.20. The quantitative estimate of drug-likeness (QED) is 0.767. The van der Waals surface area contributed by atoms with Gasteiger partial charge in [-0.25, -0.2) is 15.0 Å². The zero-order valence-electron chi connectivity index (χ0n) is 15.6. The summed E-state index contributed by atoms with van der Waals surface area (Å²) in [5.74, 6) is 2.99. The van der Waals surface area contributed by atoms with Gasteiger partial charge in [-0.3, -0.25) is 4.90 Å². The summed E-state index contributed by atoms with van der Waals surface area (Å²) in [5.41, 5.74) is 3.31. The number of anilines is 1. The van der Waals surface area contributed by atoms with Crippen molar-refractivity contribution in [2.75, 3.05) is 31.1 Å². The predicted octanol–water partition coefficient (Wildman–Crippen LogP) is 2.94. The molecule has 0 bridgehead atoms. The van der Waals surface area contributed by atoms with Crippen LogP contribution in [-0.2, 0) is 13.0 Å². The summed E-state index contributed by atoms with van der Waals surface area (Å²) < 4.78 is 0. The van der Waals surface area contributed by atoms with Gasteiger partial charge in [-0.1, -0.05) is 25.5 Å². The number of rotatable bonds is 5. The summed E-state index contributed by atoms with van der Waals surface area (Å²) in [6, 6.07) is 10.4. The smallest absolute Gasteiger partial charge is 0.132 e. The van der Waals surface area contributed by atoms with Gasteiger partial charge in [0.2, 0.25) is 0 Å². The first kappa shape index (κ1) is 17.0. The molecule has 1 aliphatic rings. The molecule has 1 saturated heterocycles. The first-order valence-electron chi connectivity index (χ1n) is 9.47. The van der Waals surface area contributed by atoms with E-state index in [1.165, 1.54) is 0 Å². The number of nitrogens with zero attached hydrogens (tertiary/aromatic N) is 5. The third-order valence-corrected chi connectivity index (χ3v) is 4.89. The van der Waals surface area contributed by atoms with E-state index in [1.807, 2.05) is 19.1 Å². The Hall–Kier alpha value is -2.47. The van der Waals surface area contributed by atoms with Crippen LogP contribution >= 0.6 is 0 Å². The third kappa shape index (κ3) is 3.70. The Balaban J connectivity index is 1.39. The minimum Gasteiger partial charge on any atom is -0.354 e. The molecule has 0 aliphatic carbocycles. The molecule has 1 fully saturated rings. The number of benzene rings is 1. The highest BCUT2D eigenvalue weighted by molar-refractivity contribution is 5.74. The molecule has 2 aromatic heterocycles. The van der Waals surface area contributed by atoms with Crippen molar-refractivity contribution in [3.05, 3.63) is 47.7 Å². The molecule has 0 atom stereocenters. The van der Waals surface area contributed by atoms with Crippen molar-refractivity contribution in [3.63, 3.8) is 0 Å². The van der Waals surface area contributed by atoms with Gasteiger partial charge in [0.05, 0.1) is 17.6 Å². The normalized spacial score (nSPS) is 15.7. The Morgan fingerprint density at radius 2 is 1.85 bits per heavy atom. The van der Waals surface area contributed by atoms with E-state index in [9.17, 15) is 0 Å². The molecule has 0 spiro atoms. The number of imidazole rings is 1. The lowest BCUT2D eigenvalue weighted by atomic mass is 10.2. The summed E-state index contributed by atoms with van der Waals surface area (Å²) in [6.45, 7) is 9.05. The molecule has 6 nitrogen and oxygen atoms in total. The Morgan fingerprint density at radius 3 is 2.62 bits per heavy atom. The molecule has 0 amide bonds. The number of aromatic amines is 1. The number of hydrogen-bond acceptors (Lipinski definition) is 5. The monoisotopic (exact) mass is 350 g/mol. The second-order valence-corrected chi connectivity index (χ2v) is 6.98. The van der Waals surface area contributed by atoms with Gasteiger partial charge in [0.1, 0.15) is 17.5 Å². The zero-order chi connectivity index (χ0) is 17.9. The van der Waals surface area contributed by atoms with Gasteiger partial charge >= 0.3 is 0 Å². The molecule has 3 heterocycles. The van der Waals surface area contributed by atoms with E-state index in [4.69, 9.17) is 4.98 Å². The lowest BCUT2D eigenvalue weighted by molar-refractivity contribution is 0.244. The van der Waals surface area contributed by atoms with Crippen LogP contribution in [-0.4, -0.2) is 51.0 Å². The highest BCUT2D eigenvalue weighted by atomic mass is 15.3. The van der Waals surface area contributed by atoms with Crippen LogP contribution in [0.4, 0.5) is 5.82 Å². The van der Waals surface area contributed by atoms with Gasteiger partial charge in [-0.05, 0) is 25.5 Å². The van der Waals surface area contributed by atoms with Crippen LogP contribution in [0.1, 0.15) is 30.7 Å². The molecule has 6 heteroatoms. The molecule has 0 unspecified atom stereocenters. The van der Waals surface area contributed by atoms with E-state index in [2.05, 4.69) is 49.9 Å². The molecule has 3 aromatic rings. The van der Waals surface area contributed by atoms with Crippen LogP contribution in [0, 0.1) is 6.92 Å². The van der Waals surface area contributed by atoms with Crippen molar-refractivity contribution >= 4 is 16.9 Å². The molecule has 1 aromatic carbocycles. The number of aromatic nitrogens is 4. The number of H-pyrrole nitrogens is 1. The molecule has 4 rings (SSSR count). The first-order chi connectivity index (χ1) is 12.7. The maximum Gasteiger partial charge on any atom is 0.132 e. The van der Waals surface area contributed by atoms with Crippen molar-refractivity contribution in [1.29, 1.82) is 0 Å². The first-order valence-corrected chi connectivity index (χ1v) is 9.47. The van der Waals surface area contributed by atoms with Gasteiger partial charge in [0.25, 0.3) is 0 Å². The summed E-state index contributed by atoms with van der Waals surface area (Å²) in [7, 11) is 0. The fraction of sp³-hybridized carbons (Fsp3) is 0.450. The average Bonchev–Trinajstić information content (AvgIpc) is 3.04. The van der Waals surface area contributed by atoms with Crippen LogP contribution in [0.2, 0.25) is 0 Å². The number of nitrogens with one attached hydrogen (secondary N) is 1. The molecule has 0 radical (unpaired) electrons. The van der Waals surface area contributed by atoms with Crippen LogP contribution in [0.25, 0.3) is 11.0 Å². The Labute approximate surface area is 154 Å². The van der Waals surface area contributed by atoms with E-state index < -0.39 is 0 Å². The summed E-state index contributed by atoms with van der Waals surface area (Å²) in [6.07, 6.45) is 2.13. The molecule has 0 saturated carbocycles. The fourth-order valence-corrected chi connectivity index (χ4v) is 3.59. The van der Waals surface area contributed by atoms with E-state index in [0.29, 0.717) is 0 Å². The molecule has 136 valence electrons. The second kappa shape index (κ2) is 7.41. The topological polar surface area (TPSA) is 60.9 Å². The van der Waals surface area contributed by atoms with Crippen molar-refractivity contribution < 1.29 is 0 Å². The van der Waals surface area contributed by atoms with E-state index >= 15 is 0 Å². The van der Waals surface area contributed by atoms with Gasteiger partial charge in [-0.15, -0.1) is 0 Å². The Morgan fingerprint density at radius 1 is 1.04 bits per heavy atom. The molecule has 1 N–H and O–H groups in total. The molecular formula is C20H26N6. The number of piperazine rings is 1. The third-order valence-electron chi connectivity index (χ3n) is 4.89. The van der Waals surface area contributed by atoms with Gasteiger partial charge < -0.3 is 9.88 Å². The van der Waals surface area contributed by atoms with Gasteiger partial charge in [-0.2, -0.15) is 0 Å². The van der Waals surface area contributed by atoms with E-state index in [0.717, 1.165) is 79.8 Å². The number of aryl methyl sites for hydroxylation is 2. The summed E-state index contributed by atoms with van der Waals surface area (Å²) in [5, 5.41) is 0. The van der Waals surface area contributed by atoms with Crippen molar-refractivity contribution in [1.82, 2.24) is 24.8 Å². The summed E-state index contributed by atoms with van der Waals surface area (Å²) in [4.78, 5) is 22.2. The van der Waals surface area contributed by atoms with Crippen molar-refractivity contribution in [3.8, 4) is 0 Å². The SMILES string of the molecule is CCCc1cc(N2CCN(Cc3nc4ccccc4[nH]3)CC2)nc(C)n1. The molecule has 26 heavy (non-hydrogen) atoms. The second-order valence-electron chi connectivity index (χ2n) is 6.98. The predicted molar refractivity (Wildman–Crippen MR) is 104 cm³/mol. The standard InChI is InChI=1S/C20H26N6/c1-3-6-16-13-20(22-15(2)21-16)26-11-9-25(10-12-26)14-19-23-17-7-4-5-8-18(17)24-19/h4-5,7-8,13H,3,6,9-12,14H2,1-2H3,(H,23,24). The van der Waals surface area contributed by atoms with Crippen LogP contribution in [0.5, 0.6) is 0 Å². The number of fused-ring (bicyclic) bond motifs is 1. The fourth-order valence-electron chi connectivity index (χ4n) is 3.59. The van der Waals surface area contributed by atoms with Gasteiger partial charge in [0.15, 0.2) is 0 Å². The molecular weight excluding hydrogens is 324 g/mol. The lowest BCUT2D eigenvalue weighted by Gasteiger charge is -2.35. The summed E-state index contributed by atoms with van der Waals surface area (Å²) >= 11 is 0.